The average molecular weight is 419 g/mol. The van der Waals surface area contributed by atoms with E-state index < -0.39 is 11.5 Å². The highest BCUT2D eigenvalue weighted by atomic mass is 35.5. The molecule has 8 nitrogen and oxygen atoms in total. The number of benzene rings is 1. The maximum Gasteiger partial charge on any atom is 0.249 e. The molecule has 2 aromatic rings. The molecule has 152 valence electrons. The van der Waals surface area contributed by atoms with Crippen molar-refractivity contribution in [1.82, 2.24) is 10.2 Å². The second-order valence-corrected chi connectivity index (χ2v) is 7.33. The van der Waals surface area contributed by atoms with Gasteiger partial charge in [-0.25, -0.2) is 0 Å². The summed E-state index contributed by atoms with van der Waals surface area (Å²) in [5.74, 6) is 0.230. The minimum Gasteiger partial charge on any atom is -0.496 e. The van der Waals surface area contributed by atoms with E-state index in [9.17, 15) is 9.59 Å². The molecule has 1 aliphatic heterocycles. The van der Waals surface area contributed by atoms with Crippen molar-refractivity contribution in [2.24, 2.45) is 5.92 Å². The zero-order valence-corrected chi connectivity index (χ0v) is 17.1. The molecule has 0 amide bonds. The van der Waals surface area contributed by atoms with Crippen LogP contribution in [-0.2, 0) is 16.0 Å². The number of halogens is 1. The Morgan fingerprint density at radius 3 is 2.66 bits per heavy atom. The first-order valence-electron chi connectivity index (χ1n) is 9.13. The van der Waals surface area contributed by atoms with E-state index in [0.717, 1.165) is 0 Å². The number of aryl methyl sites for hydroxylation is 1. The second kappa shape index (κ2) is 6.88. The van der Waals surface area contributed by atoms with Gasteiger partial charge in [-0.05, 0) is 6.07 Å². The summed E-state index contributed by atoms with van der Waals surface area (Å²) in [5.41, 5.74) is -0.897. The summed E-state index contributed by atoms with van der Waals surface area (Å²) in [6, 6.07) is 1.57. The third kappa shape index (κ3) is 2.66. The summed E-state index contributed by atoms with van der Waals surface area (Å²) in [4.78, 5) is 25.6. The molecule has 0 fully saturated rings. The number of Topliss-reactive ketones (excluding diaryl/α,β-unsaturated/α-hetero) is 1. The molecule has 1 aromatic carbocycles. The fourth-order valence-electron chi connectivity index (χ4n) is 3.83. The highest BCUT2D eigenvalue weighted by Crippen LogP contribution is 2.54. The van der Waals surface area contributed by atoms with Crippen molar-refractivity contribution in [3.8, 4) is 23.0 Å². The van der Waals surface area contributed by atoms with E-state index in [-0.39, 0.29) is 51.7 Å². The molecule has 0 bridgehead atoms. The van der Waals surface area contributed by atoms with E-state index >= 15 is 0 Å². The van der Waals surface area contributed by atoms with Gasteiger partial charge in [0.25, 0.3) is 0 Å². The van der Waals surface area contributed by atoms with Crippen molar-refractivity contribution in [2.45, 2.75) is 32.3 Å². The number of hydrogen-bond donors (Lipinski definition) is 0. The minimum atomic E-state index is -1.48. The fraction of sp³-hybridized carbons (Fsp3) is 0.400. The number of fused-ring (bicyclic) bond motifs is 1. The number of allylic oxidation sites excluding steroid dienone is 1. The summed E-state index contributed by atoms with van der Waals surface area (Å²) in [5, 5.41) is 8.12. The normalized spacial score (nSPS) is 23.1. The summed E-state index contributed by atoms with van der Waals surface area (Å²) in [7, 11) is 2.84. The SMILES string of the molecule is CCc1nnc(-c2cc(OC)c3c(c2Cl)O[C@]2(C3=O)C(OC)=CC(=O)C[C@H]2C)o1. The van der Waals surface area contributed by atoms with Gasteiger partial charge in [0, 0.05) is 24.8 Å². The van der Waals surface area contributed by atoms with Crippen molar-refractivity contribution in [1.29, 1.82) is 0 Å². The quantitative estimate of drug-likeness (QED) is 0.744. The van der Waals surface area contributed by atoms with Gasteiger partial charge in [0.05, 0.1) is 24.8 Å². The molecule has 2 aliphatic rings. The van der Waals surface area contributed by atoms with Crippen LogP contribution in [0, 0.1) is 5.92 Å². The number of nitrogens with zero attached hydrogens (tertiary/aromatic N) is 2. The van der Waals surface area contributed by atoms with Gasteiger partial charge in [-0.3, -0.25) is 9.59 Å². The van der Waals surface area contributed by atoms with Crippen LogP contribution < -0.4 is 9.47 Å². The molecule has 0 saturated carbocycles. The number of aromatic nitrogens is 2. The van der Waals surface area contributed by atoms with Gasteiger partial charge >= 0.3 is 0 Å². The van der Waals surface area contributed by atoms with E-state index in [0.29, 0.717) is 17.9 Å². The van der Waals surface area contributed by atoms with E-state index in [1.165, 1.54) is 20.3 Å². The Labute approximate surface area is 171 Å². The maximum absolute atomic E-state index is 13.5. The maximum atomic E-state index is 13.5. The van der Waals surface area contributed by atoms with Crippen molar-refractivity contribution in [3.05, 3.63) is 34.4 Å². The molecule has 1 aromatic heterocycles. The van der Waals surface area contributed by atoms with Gasteiger partial charge in [0.2, 0.25) is 23.2 Å². The van der Waals surface area contributed by atoms with Gasteiger partial charge in [-0.15, -0.1) is 10.2 Å². The van der Waals surface area contributed by atoms with E-state index in [4.69, 9.17) is 30.2 Å². The first-order chi connectivity index (χ1) is 13.9. The van der Waals surface area contributed by atoms with Gasteiger partial charge in [-0.1, -0.05) is 25.4 Å². The Hall–Kier alpha value is -2.87. The highest BCUT2D eigenvalue weighted by molar-refractivity contribution is 6.36. The predicted octanol–water partition coefficient (Wildman–Crippen LogP) is 3.41. The Kier molecular flexibility index (Phi) is 4.61. The van der Waals surface area contributed by atoms with Crippen LogP contribution >= 0.6 is 11.6 Å². The molecule has 1 spiro atoms. The molecule has 0 N–H and O–H groups in total. The van der Waals surface area contributed by atoms with Crippen LogP contribution in [0.15, 0.2) is 22.3 Å². The predicted molar refractivity (Wildman–Crippen MR) is 102 cm³/mol. The van der Waals surface area contributed by atoms with Crippen LogP contribution in [0.1, 0.15) is 36.5 Å². The monoisotopic (exact) mass is 418 g/mol. The summed E-state index contributed by atoms with van der Waals surface area (Å²) < 4.78 is 22.6. The molecule has 1 aliphatic carbocycles. The van der Waals surface area contributed by atoms with Gasteiger partial charge < -0.3 is 18.6 Å². The lowest BCUT2D eigenvalue weighted by atomic mass is 9.75. The Morgan fingerprint density at radius 2 is 2.03 bits per heavy atom. The largest absolute Gasteiger partial charge is 0.496 e. The number of methoxy groups -OCH3 is 2. The number of carbonyl (C=O) groups is 2. The fourth-order valence-corrected chi connectivity index (χ4v) is 4.10. The van der Waals surface area contributed by atoms with Crippen LogP contribution in [0.3, 0.4) is 0 Å². The lowest BCUT2D eigenvalue weighted by Gasteiger charge is -2.36. The average Bonchev–Trinajstić information content (AvgIpc) is 3.30. The zero-order chi connectivity index (χ0) is 20.9. The van der Waals surface area contributed by atoms with Crippen molar-refractivity contribution in [2.75, 3.05) is 14.2 Å². The van der Waals surface area contributed by atoms with Crippen LogP contribution in [0.2, 0.25) is 5.02 Å². The molecule has 0 saturated heterocycles. The lowest BCUT2D eigenvalue weighted by Crippen LogP contribution is -2.51. The molecular weight excluding hydrogens is 400 g/mol. The highest BCUT2D eigenvalue weighted by Gasteiger charge is 2.59. The van der Waals surface area contributed by atoms with Crippen LogP contribution in [0.4, 0.5) is 0 Å². The van der Waals surface area contributed by atoms with E-state index in [1.54, 1.807) is 13.0 Å². The smallest absolute Gasteiger partial charge is 0.249 e. The summed E-state index contributed by atoms with van der Waals surface area (Å²) >= 11 is 6.62. The number of rotatable bonds is 4. The number of ether oxygens (including phenoxy) is 3. The molecule has 2 heterocycles. The zero-order valence-electron chi connectivity index (χ0n) is 16.4. The molecule has 0 unspecified atom stereocenters. The van der Waals surface area contributed by atoms with Gasteiger partial charge in [-0.2, -0.15) is 0 Å². The molecule has 2 atom stereocenters. The Balaban J connectivity index is 1.92. The number of carbonyl (C=O) groups excluding carboxylic acids is 2. The Morgan fingerprint density at radius 1 is 1.28 bits per heavy atom. The lowest BCUT2D eigenvalue weighted by molar-refractivity contribution is -0.118. The van der Waals surface area contributed by atoms with E-state index in [1.807, 2.05) is 6.92 Å². The van der Waals surface area contributed by atoms with Crippen LogP contribution in [0.25, 0.3) is 11.5 Å². The second-order valence-electron chi connectivity index (χ2n) is 6.95. The van der Waals surface area contributed by atoms with Crippen LogP contribution in [0.5, 0.6) is 11.5 Å². The van der Waals surface area contributed by atoms with Crippen LogP contribution in [-0.4, -0.2) is 41.6 Å². The molecular formula is C20H19ClN2O6. The standard InChI is InChI=1S/C20H19ClN2O6/c1-5-14-22-23-19(28-14)11-8-12(26-3)15-17(16(11)21)29-20(18(15)25)9(2)6-10(24)7-13(20)27-4/h7-9H,5-6H2,1-4H3/t9-,20+/m1/s1. The Bertz CT molecular complexity index is 1060. The minimum absolute atomic E-state index is 0.135. The molecule has 9 heteroatoms. The summed E-state index contributed by atoms with van der Waals surface area (Å²) in [6.45, 7) is 3.65. The van der Waals surface area contributed by atoms with Gasteiger partial charge in [0.15, 0.2) is 17.3 Å². The number of hydrogen-bond acceptors (Lipinski definition) is 8. The first-order valence-corrected chi connectivity index (χ1v) is 9.51. The van der Waals surface area contributed by atoms with E-state index in [2.05, 4.69) is 10.2 Å². The third-order valence-corrected chi connectivity index (χ3v) is 5.69. The first kappa shape index (κ1) is 19.4. The summed E-state index contributed by atoms with van der Waals surface area (Å²) in [6.07, 6.45) is 2.01. The topological polar surface area (TPSA) is 101 Å². The third-order valence-electron chi connectivity index (χ3n) is 5.31. The van der Waals surface area contributed by atoms with Gasteiger partial charge in [0.1, 0.15) is 11.3 Å². The molecule has 0 radical (unpaired) electrons. The molecule has 4 rings (SSSR count). The number of ketones is 2. The van der Waals surface area contributed by atoms with Crippen molar-refractivity contribution in [3.63, 3.8) is 0 Å². The molecule has 29 heavy (non-hydrogen) atoms. The van der Waals surface area contributed by atoms with Crippen molar-refractivity contribution < 1.29 is 28.2 Å². The van der Waals surface area contributed by atoms with Crippen molar-refractivity contribution >= 4 is 23.2 Å².